The van der Waals surface area contributed by atoms with E-state index in [9.17, 15) is 5.11 Å². The molecule has 0 aliphatic heterocycles. The van der Waals surface area contributed by atoms with Crippen molar-refractivity contribution in [3.63, 3.8) is 0 Å². The summed E-state index contributed by atoms with van der Waals surface area (Å²) >= 11 is 5.99. The van der Waals surface area contributed by atoms with Crippen LogP contribution >= 0.6 is 11.6 Å². The van der Waals surface area contributed by atoms with Gasteiger partial charge in [0.1, 0.15) is 0 Å². The summed E-state index contributed by atoms with van der Waals surface area (Å²) in [7, 11) is 0. The normalized spacial score (nSPS) is 20.4. The monoisotopic (exact) mass is 253 g/mol. The van der Waals surface area contributed by atoms with Crippen LogP contribution in [0.4, 0.5) is 0 Å². The minimum Gasteiger partial charge on any atom is -0.392 e. The maximum Gasteiger partial charge on any atom is 0.0648 e. The summed E-state index contributed by atoms with van der Waals surface area (Å²) in [5.74, 6) is 0.416. The average molecular weight is 254 g/mol. The zero-order chi connectivity index (χ0) is 12.3. The van der Waals surface area contributed by atoms with Gasteiger partial charge in [0.15, 0.2) is 0 Å². The van der Waals surface area contributed by atoms with Gasteiger partial charge in [0.25, 0.3) is 0 Å². The smallest absolute Gasteiger partial charge is 0.0648 e. The summed E-state index contributed by atoms with van der Waals surface area (Å²) in [6.07, 6.45) is 4.38. The predicted molar refractivity (Wildman–Crippen MR) is 71.2 cm³/mol. The first-order valence-corrected chi connectivity index (χ1v) is 6.73. The van der Waals surface area contributed by atoms with Crippen molar-refractivity contribution in [3.05, 3.63) is 34.9 Å². The van der Waals surface area contributed by atoms with E-state index in [1.54, 1.807) is 0 Å². The van der Waals surface area contributed by atoms with Crippen molar-refractivity contribution in [2.75, 3.05) is 6.54 Å². The molecule has 0 saturated heterocycles. The third-order valence-electron chi connectivity index (χ3n) is 3.83. The van der Waals surface area contributed by atoms with Crippen molar-refractivity contribution in [2.24, 2.45) is 11.7 Å². The standard InChI is InChI=1S/C14H20ClNO/c15-12-7-3-6-11(8-12)13(9-16)14(17)10-4-1-2-5-10/h3,6-8,10,13-14,17H,1-2,4-5,9,16H2. The number of nitrogens with two attached hydrogens (primary N) is 1. The van der Waals surface area contributed by atoms with Crippen LogP contribution in [-0.4, -0.2) is 17.8 Å². The highest BCUT2D eigenvalue weighted by atomic mass is 35.5. The van der Waals surface area contributed by atoms with Crippen LogP contribution in [0.1, 0.15) is 37.2 Å². The molecule has 1 aromatic rings. The molecule has 1 fully saturated rings. The van der Waals surface area contributed by atoms with Crippen molar-refractivity contribution in [1.82, 2.24) is 0 Å². The quantitative estimate of drug-likeness (QED) is 0.867. The fourth-order valence-electron chi connectivity index (χ4n) is 2.84. The van der Waals surface area contributed by atoms with E-state index in [1.165, 1.54) is 12.8 Å². The van der Waals surface area contributed by atoms with Gasteiger partial charge in [-0.25, -0.2) is 0 Å². The van der Waals surface area contributed by atoms with Crippen LogP contribution < -0.4 is 5.73 Å². The Hall–Kier alpha value is -0.570. The van der Waals surface area contributed by atoms with Crippen molar-refractivity contribution in [3.8, 4) is 0 Å². The molecule has 2 atom stereocenters. The fourth-order valence-corrected chi connectivity index (χ4v) is 3.04. The predicted octanol–water partition coefficient (Wildman–Crippen LogP) is 2.93. The Kier molecular flexibility index (Phi) is 4.43. The lowest BCUT2D eigenvalue weighted by Crippen LogP contribution is -2.31. The van der Waals surface area contributed by atoms with Gasteiger partial charge in [-0.05, 0) is 36.5 Å². The number of aliphatic hydroxyl groups is 1. The summed E-state index contributed by atoms with van der Waals surface area (Å²) in [4.78, 5) is 0. The molecule has 2 nitrogen and oxygen atoms in total. The zero-order valence-corrected chi connectivity index (χ0v) is 10.7. The Morgan fingerprint density at radius 1 is 1.35 bits per heavy atom. The van der Waals surface area contributed by atoms with Gasteiger partial charge in [0.2, 0.25) is 0 Å². The lowest BCUT2D eigenvalue weighted by Gasteiger charge is -2.27. The molecular formula is C14H20ClNO. The van der Waals surface area contributed by atoms with Crippen LogP contribution in [0.2, 0.25) is 5.02 Å². The second-order valence-electron chi connectivity index (χ2n) is 4.93. The second-order valence-corrected chi connectivity index (χ2v) is 5.37. The third kappa shape index (κ3) is 3.01. The minimum absolute atomic E-state index is 0.0109. The Balaban J connectivity index is 2.14. The number of rotatable bonds is 4. The van der Waals surface area contributed by atoms with E-state index in [4.69, 9.17) is 17.3 Å². The van der Waals surface area contributed by atoms with Gasteiger partial charge >= 0.3 is 0 Å². The van der Waals surface area contributed by atoms with Gasteiger partial charge in [0.05, 0.1) is 6.10 Å². The van der Waals surface area contributed by atoms with Crippen LogP contribution in [0.15, 0.2) is 24.3 Å². The van der Waals surface area contributed by atoms with Gasteiger partial charge in [-0.2, -0.15) is 0 Å². The first kappa shape index (κ1) is 12.9. The van der Waals surface area contributed by atoms with Crippen LogP contribution in [-0.2, 0) is 0 Å². The molecule has 0 amide bonds. The van der Waals surface area contributed by atoms with Crippen LogP contribution in [0.5, 0.6) is 0 Å². The van der Waals surface area contributed by atoms with Crippen molar-refractivity contribution < 1.29 is 5.11 Å². The second kappa shape index (κ2) is 5.85. The molecule has 0 spiro atoms. The van der Waals surface area contributed by atoms with Gasteiger partial charge in [0, 0.05) is 17.5 Å². The van der Waals surface area contributed by atoms with Gasteiger partial charge < -0.3 is 10.8 Å². The van der Waals surface area contributed by atoms with Crippen molar-refractivity contribution in [2.45, 2.75) is 37.7 Å². The molecule has 0 heterocycles. The molecule has 1 aliphatic rings. The molecule has 0 aromatic heterocycles. The van der Waals surface area contributed by atoms with Crippen LogP contribution in [0, 0.1) is 5.92 Å². The minimum atomic E-state index is -0.332. The number of hydrogen-bond acceptors (Lipinski definition) is 2. The number of benzene rings is 1. The third-order valence-corrected chi connectivity index (χ3v) is 4.06. The number of halogens is 1. The Morgan fingerprint density at radius 3 is 2.65 bits per heavy atom. The first-order valence-electron chi connectivity index (χ1n) is 6.36. The highest BCUT2D eigenvalue weighted by molar-refractivity contribution is 6.30. The summed E-state index contributed by atoms with van der Waals surface area (Å²) < 4.78 is 0. The maximum atomic E-state index is 10.4. The largest absolute Gasteiger partial charge is 0.392 e. The topological polar surface area (TPSA) is 46.2 Å². The Bertz CT molecular complexity index is 363. The molecular weight excluding hydrogens is 234 g/mol. The molecule has 2 rings (SSSR count). The maximum absolute atomic E-state index is 10.4. The van der Waals surface area contributed by atoms with E-state index in [2.05, 4.69) is 0 Å². The lowest BCUT2D eigenvalue weighted by molar-refractivity contribution is 0.0851. The van der Waals surface area contributed by atoms with Crippen molar-refractivity contribution in [1.29, 1.82) is 0 Å². The van der Waals surface area contributed by atoms with Gasteiger partial charge in [-0.15, -0.1) is 0 Å². The van der Waals surface area contributed by atoms with Crippen molar-refractivity contribution >= 4 is 11.6 Å². The molecule has 17 heavy (non-hydrogen) atoms. The fraction of sp³-hybridized carbons (Fsp3) is 0.571. The molecule has 0 radical (unpaired) electrons. The highest BCUT2D eigenvalue weighted by Gasteiger charge is 2.30. The van der Waals surface area contributed by atoms with E-state index < -0.39 is 0 Å². The summed E-state index contributed by atoms with van der Waals surface area (Å²) in [6, 6.07) is 7.68. The molecule has 0 bridgehead atoms. The number of hydrogen-bond donors (Lipinski definition) is 2. The molecule has 1 saturated carbocycles. The van der Waals surface area contributed by atoms with Gasteiger partial charge in [-0.1, -0.05) is 36.6 Å². The Labute approximate surface area is 108 Å². The average Bonchev–Trinajstić information content (AvgIpc) is 2.83. The van der Waals surface area contributed by atoms with E-state index >= 15 is 0 Å². The molecule has 1 aliphatic carbocycles. The zero-order valence-electron chi connectivity index (χ0n) is 9.98. The SMILES string of the molecule is NCC(c1cccc(Cl)c1)C(O)C1CCCC1. The molecule has 3 heteroatoms. The molecule has 94 valence electrons. The summed E-state index contributed by atoms with van der Waals surface area (Å²) in [6.45, 7) is 0.470. The van der Waals surface area contributed by atoms with E-state index in [0.717, 1.165) is 18.4 Å². The van der Waals surface area contributed by atoms with E-state index in [1.807, 2.05) is 24.3 Å². The Morgan fingerprint density at radius 2 is 2.06 bits per heavy atom. The molecule has 1 aromatic carbocycles. The molecule has 3 N–H and O–H groups in total. The van der Waals surface area contributed by atoms with E-state index in [0.29, 0.717) is 17.5 Å². The van der Waals surface area contributed by atoms with Crippen LogP contribution in [0.3, 0.4) is 0 Å². The number of aliphatic hydroxyl groups excluding tert-OH is 1. The lowest BCUT2D eigenvalue weighted by atomic mass is 9.85. The van der Waals surface area contributed by atoms with Gasteiger partial charge in [-0.3, -0.25) is 0 Å². The van der Waals surface area contributed by atoms with E-state index in [-0.39, 0.29) is 12.0 Å². The summed E-state index contributed by atoms with van der Waals surface area (Å²) in [5.41, 5.74) is 6.88. The van der Waals surface area contributed by atoms with Crippen LogP contribution in [0.25, 0.3) is 0 Å². The molecule has 2 unspecified atom stereocenters. The highest BCUT2D eigenvalue weighted by Crippen LogP contribution is 2.34. The first-order chi connectivity index (χ1) is 8.22. The summed E-state index contributed by atoms with van der Waals surface area (Å²) in [5, 5.41) is 11.1.